The third-order valence-electron chi connectivity index (χ3n) is 9.91. The van der Waals surface area contributed by atoms with Crippen molar-refractivity contribution in [2.24, 2.45) is 0 Å². The largest absolute Gasteiger partial charge is 0.508 e. The first kappa shape index (κ1) is 33.0. The van der Waals surface area contributed by atoms with Gasteiger partial charge in [0.05, 0.1) is 24.3 Å². The Morgan fingerprint density at radius 3 is 1.84 bits per heavy atom. The highest BCUT2D eigenvalue weighted by molar-refractivity contribution is 6.40. The van der Waals surface area contributed by atoms with Crippen LogP contribution in [0.25, 0.3) is 43.1 Å². The van der Waals surface area contributed by atoms with E-state index in [0.717, 1.165) is 74.7 Å². The van der Waals surface area contributed by atoms with E-state index < -0.39 is 11.9 Å². The summed E-state index contributed by atoms with van der Waals surface area (Å²) in [6.07, 6.45) is 3.64. The number of rotatable bonds is 11. The van der Waals surface area contributed by atoms with E-state index in [9.17, 15) is 24.3 Å². The number of ether oxygens (including phenoxy) is 2. The van der Waals surface area contributed by atoms with E-state index in [2.05, 4.69) is 0 Å². The van der Waals surface area contributed by atoms with Gasteiger partial charge in [0.15, 0.2) is 0 Å². The third kappa shape index (κ3) is 5.30. The molecule has 1 heterocycles. The summed E-state index contributed by atoms with van der Waals surface area (Å²) in [6, 6.07) is 17.7. The summed E-state index contributed by atoms with van der Waals surface area (Å²) in [5, 5.41) is 15.7. The zero-order chi connectivity index (χ0) is 35.3. The summed E-state index contributed by atoms with van der Waals surface area (Å²) >= 11 is 0. The van der Waals surface area contributed by atoms with Gasteiger partial charge in [-0.05, 0) is 119 Å². The van der Waals surface area contributed by atoms with Crippen molar-refractivity contribution < 1.29 is 33.8 Å². The Balaban J connectivity index is 1.46. The summed E-state index contributed by atoms with van der Waals surface area (Å²) in [6.45, 7) is 8.67. The molecule has 0 saturated carbocycles. The molecule has 0 radical (unpaired) electrons. The van der Waals surface area contributed by atoms with Gasteiger partial charge in [0.25, 0.3) is 11.8 Å². The molecule has 0 spiro atoms. The molecule has 6 aromatic carbocycles. The van der Waals surface area contributed by atoms with Gasteiger partial charge in [0, 0.05) is 28.4 Å². The average Bonchev–Trinajstić information content (AvgIpc) is 3.11. The molecule has 1 aliphatic heterocycles. The van der Waals surface area contributed by atoms with Crippen LogP contribution in [0.2, 0.25) is 0 Å². The number of benzene rings is 6. The third-order valence-corrected chi connectivity index (χ3v) is 9.91. The van der Waals surface area contributed by atoms with Crippen molar-refractivity contribution >= 4 is 66.8 Å². The molecule has 7 rings (SSSR count). The second kappa shape index (κ2) is 13.1. The van der Waals surface area contributed by atoms with Crippen LogP contribution in [-0.2, 0) is 15.9 Å². The molecule has 0 atom stereocenters. The number of hydrogen-bond acceptors (Lipinski definition) is 7. The lowest BCUT2D eigenvalue weighted by Crippen LogP contribution is -2.41. The lowest BCUT2D eigenvalue weighted by molar-refractivity contribution is 0.0500. The molecule has 8 heteroatoms. The molecule has 0 saturated heterocycles. The van der Waals surface area contributed by atoms with Crippen molar-refractivity contribution in [3.63, 3.8) is 0 Å². The normalized spacial score (nSPS) is 12.9. The van der Waals surface area contributed by atoms with Crippen LogP contribution in [0.1, 0.15) is 97.7 Å². The van der Waals surface area contributed by atoms with Gasteiger partial charge in [-0.1, -0.05) is 51.0 Å². The van der Waals surface area contributed by atoms with Crippen LogP contribution < -0.4 is 0 Å². The Morgan fingerprint density at radius 2 is 1.20 bits per heavy atom. The molecular weight excluding hydrogens is 630 g/mol. The molecule has 0 bridgehead atoms. The fourth-order valence-corrected chi connectivity index (χ4v) is 7.45. The first-order valence-electron chi connectivity index (χ1n) is 17.4. The van der Waals surface area contributed by atoms with E-state index >= 15 is 0 Å². The summed E-state index contributed by atoms with van der Waals surface area (Å²) < 4.78 is 11.4. The predicted molar refractivity (Wildman–Crippen MR) is 195 cm³/mol. The number of aryl methyl sites for hydroxylation is 2. The number of nitrogens with zero attached hydrogens (tertiary/aromatic N) is 1. The van der Waals surface area contributed by atoms with Crippen molar-refractivity contribution in [2.45, 2.75) is 59.8 Å². The number of fused-ring (bicyclic) bond motifs is 2. The Hall–Kier alpha value is -5.50. The molecule has 2 amide bonds. The maximum Gasteiger partial charge on any atom is 0.338 e. The summed E-state index contributed by atoms with van der Waals surface area (Å²) in [7, 11) is 0. The number of carbonyl (C=O) groups is 4. The summed E-state index contributed by atoms with van der Waals surface area (Å²) in [5.74, 6) is -1.55. The topological polar surface area (TPSA) is 110 Å². The minimum absolute atomic E-state index is 0.154. The maximum absolute atomic E-state index is 14.1. The molecular formula is C42H39NO7. The van der Waals surface area contributed by atoms with E-state index in [1.807, 2.05) is 45.9 Å². The van der Waals surface area contributed by atoms with Gasteiger partial charge in [-0.15, -0.1) is 0 Å². The fraction of sp³-hybridized carbons (Fsp3) is 0.286. The van der Waals surface area contributed by atoms with E-state index in [1.165, 1.54) is 4.90 Å². The molecule has 0 aliphatic carbocycles. The Kier molecular flexibility index (Phi) is 8.64. The van der Waals surface area contributed by atoms with Gasteiger partial charge >= 0.3 is 11.9 Å². The first-order valence-corrected chi connectivity index (χ1v) is 17.4. The van der Waals surface area contributed by atoms with Crippen LogP contribution >= 0.6 is 0 Å². The van der Waals surface area contributed by atoms with E-state index in [0.29, 0.717) is 39.4 Å². The summed E-state index contributed by atoms with van der Waals surface area (Å²) in [5.41, 5.74) is 4.07. The number of imide groups is 1. The van der Waals surface area contributed by atoms with Crippen LogP contribution in [0, 0.1) is 13.8 Å². The van der Waals surface area contributed by atoms with E-state index in [4.69, 9.17) is 9.47 Å². The Labute approximate surface area is 289 Å². The molecule has 1 N–H and O–H groups in total. The highest BCUT2D eigenvalue weighted by Gasteiger charge is 2.35. The number of aromatic hydroxyl groups is 1. The number of hydrogen-bond donors (Lipinski definition) is 1. The van der Waals surface area contributed by atoms with Gasteiger partial charge in [-0.3, -0.25) is 14.5 Å². The van der Waals surface area contributed by atoms with Crippen molar-refractivity contribution in [3.05, 3.63) is 99.6 Å². The Bertz CT molecular complexity index is 2360. The zero-order valence-corrected chi connectivity index (χ0v) is 28.8. The summed E-state index contributed by atoms with van der Waals surface area (Å²) in [4.78, 5) is 56.7. The zero-order valence-electron chi connectivity index (χ0n) is 28.8. The average molecular weight is 670 g/mol. The van der Waals surface area contributed by atoms with Crippen molar-refractivity contribution in [3.8, 4) is 5.75 Å². The van der Waals surface area contributed by atoms with Crippen LogP contribution in [0.3, 0.4) is 0 Å². The van der Waals surface area contributed by atoms with Gasteiger partial charge in [-0.25, -0.2) is 9.59 Å². The number of unbranched alkanes of at least 4 members (excludes halogenated alkanes) is 2. The van der Waals surface area contributed by atoms with Crippen LogP contribution in [0.15, 0.2) is 60.7 Å². The van der Waals surface area contributed by atoms with Gasteiger partial charge in [0.2, 0.25) is 0 Å². The Morgan fingerprint density at radius 1 is 0.640 bits per heavy atom. The number of phenols is 1. The minimum atomic E-state index is -0.501. The molecule has 254 valence electrons. The predicted octanol–water partition coefficient (Wildman–Crippen LogP) is 8.81. The van der Waals surface area contributed by atoms with Crippen molar-refractivity contribution in [1.82, 2.24) is 4.90 Å². The molecule has 8 nitrogen and oxygen atoms in total. The maximum atomic E-state index is 14.1. The van der Waals surface area contributed by atoms with E-state index in [-0.39, 0.29) is 37.3 Å². The number of phenolic OH excluding ortho intramolecular Hbond substituents is 1. The molecule has 50 heavy (non-hydrogen) atoms. The highest BCUT2D eigenvalue weighted by atomic mass is 16.5. The number of esters is 2. The number of amides is 2. The second-order valence-electron chi connectivity index (χ2n) is 13.2. The van der Waals surface area contributed by atoms with E-state index in [1.54, 1.807) is 42.5 Å². The van der Waals surface area contributed by atoms with Crippen molar-refractivity contribution in [1.29, 1.82) is 0 Å². The van der Waals surface area contributed by atoms with Gasteiger partial charge in [-0.2, -0.15) is 0 Å². The highest BCUT2D eigenvalue weighted by Crippen LogP contribution is 2.47. The lowest BCUT2D eigenvalue weighted by atomic mass is 9.80. The van der Waals surface area contributed by atoms with Crippen LogP contribution in [0.5, 0.6) is 5.75 Å². The first-order chi connectivity index (χ1) is 24.2. The quantitative estimate of drug-likeness (QED) is 0.0483. The molecule has 0 fully saturated rings. The second-order valence-corrected chi connectivity index (χ2v) is 13.2. The standard InChI is InChI=1S/C42H39NO7/c1-5-7-19-49-41(47)30-16-14-28-33-23(3)21-31-35-29(39(45)43(40(31)46)18-17-25-9-11-26(44)12-10-25)15-13-27(37(33)35)34-24(4)22-32(36(30)38(28)34)42(48)50-20-8-6-2/h9-16,21-22,44H,5-8,17-20H2,1-4H3. The number of carbonyl (C=O) groups excluding carboxylic acids is 4. The SMILES string of the molecule is CCCCOC(=O)c1ccc2c3c(C)cc4c5c(ccc(c6c(C)cc(C(=O)OCCCC)c1c26)c53)C(=O)N(CCc1ccc(O)cc1)C4=O. The smallest absolute Gasteiger partial charge is 0.338 e. The van der Waals surface area contributed by atoms with Gasteiger partial charge in [0.1, 0.15) is 5.75 Å². The van der Waals surface area contributed by atoms with Gasteiger partial charge < -0.3 is 14.6 Å². The monoisotopic (exact) mass is 669 g/mol. The minimum Gasteiger partial charge on any atom is -0.508 e. The van der Waals surface area contributed by atoms with Crippen LogP contribution in [0.4, 0.5) is 0 Å². The molecule has 0 aromatic heterocycles. The van der Waals surface area contributed by atoms with Crippen molar-refractivity contribution in [2.75, 3.05) is 19.8 Å². The molecule has 0 unspecified atom stereocenters. The lowest BCUT2D eigenvalue weighted by Gasteiger charge is -2.29. The molecule has 1 aliphatic rings. The molecule has 6 aromatic rings. The van der Waals surface area contributed by atoms with Crippen LogP contribution in [-0.4, -0.2) is 53.5 Å². The fourth-order valence-electron chi connectivity index (χ4n) is 7.45.